The molecule has 0 spiro atoms. The molecule has 18 heavy (non-hydrogen) atoms. The number of aromatic nitrogens is 2. The summed E-state index contributed by atoms with van der Waals surface area (Å²) >= 11 is 0. The molecule has 1 heterocycles. The monoisotopic (exact) mass is 251 g/mol. The zero-order valence-corrected chi connectivity index (χ0v) is 9.44. The summed E-state index contributed by atoms with van der Waals surface area (Å²) < 4.78 is 31.2. The predicted octanol–water partition coefficient (Wildman–Crippen LogP) is 2.27. The van der Waals surface area contributed by atoms with Gasteiger partial charge < -0.3 is 10.3 Å². The van der Waals surface area contributed by atoms with E-state index in [0.717, 1.165) is 18.9 Å². The van der Waals surface area contributed by atoms with Gasteiger partial charge in [0, 0.05) is 12.0 Å². The van der Waals surface area contributed by atoms with Crippen LogP contribution in [0.15, 0.2) is 22.7 Å². The lowest BCUT2D eigenvalue weighted by atomic mass is 10.1. The van der Waals surface area contributed by atoms with Gasteiger partial charge in [0.1, 0.15) is 11.6 Å². The molecule has 0 amide bonds. The highest BCUT2D eigenvalue weighted by molar-refractivity contribution is 5.25. The minimum Gasteiger partial charge on any atom is -0.339 e. The summed E-state index contributed by atoms with van der Waals surface area (Å²) in [6.45, 7) is 0. The standard InChI is InChI=1S/C12H11F2N3O/c13-8-3-7(4-9(14)5-8)10(15)11-16-12(18-17-11)6-1-2-6/h3-6,10H,1-2,15H2. The molecule has 0 saturated heterocycles. The second-order valence-electron chi connectivity index (χ2n) is 4.45. The van der Waals surface area contributed by atoms with Crippen LogP contribution >= 0.6 is 0 Å². The molecule has 1 aromatic heterocycles. The van der Waals surface area contributed by atoms with Gasteiger partial charge >= 0.3 is 0 Å². The van der Waals surface area contributed by atoms with Crippen LogP contribution in [0.4, 0.5) is 8.78 Å². The summed E-state index contributed by atoms with van der Waals surface area (Å²) in [6.07, 6.45) is 2.07. The molecule has 0 radical (unpaired) electrons. The summed E-state index contributed by atoms with van der Waals surface area (Å²) in [6, 6.07) is 2.34. The van der Waals surface area contributed by atoms with E-state index in [1.54, 1.807) is 0 Å². The van der Waals surface area contributed by atoms with E-state index >= 15 is 0 Å². The molecular formula is C12H11F2N3O. The van der Waals surface area contributed by atoms with Gasteiger partial charge in [-0.25, -0.2) is 8.78 Å². The lowest BCUT2D eigenvalue weighted by molar-refractivity contribution is 0.372. The molecule has 1 atom stereocenters. The molecule has 0 bridgehead atoms. The summed E-state index contributed by atoms with van der Waals surface area (Å²) in [5.41, 5.74) is 6.16. The van der Waals surface area contributed by atoms with Crippen LogP contribution in [0.25, 0.3) is 0 Å². The van der Waals surface area contributed by atoms with Gasteiger partial charge in [0.25, 0.3) is 0 Å². The third-order valence-corrected chi connectivity index (χ3v) is 2.91. The molecule has 4 nitrogen and oxygen atoms in total. The lowest BCUT2D eigenvalue weighted by Crippen LogP contribution is -2.14. The summed E-state index contributed by atoms with van der Waals surface area (Å²) in [5, 5.41) is 3.76. The van der Waals surface area contributed by atoms with Gasteiger partial charge in [-0.1, -0.05) is 5.16 Å². The first-order valence-electron chi connectivity index (χ1n) is 5.68. The van der Waals surface area contributed by atoms with Gasteiger partial charge in [-0.05, 0) is 30.5 Å². The molecule has 1 aliphatic carbocycles. The molecule has 1 aliphatic rings. The smallest absolute Gasteiger partial charge is 0.229 e. The van der Waals surface area contributed by atoms with E-state index in [-0.39, 0.29) is 11.4 Å². The molecule has 2 N–H and O–H groups in total. The van der Waals surface area contributed by atoms with Crippen molar-refractivity contribution in [3.63, 3.8) is 0 Å². The van der Waals surface area contributed by atoms with Crippen molar-refractivity contribution in [2.24, 2.45) is 5.73 Å². The molecule has 94 valence electrons. The SMILES string of the molecule is NC(c1cc(F)cc(F)c1)c1noc(C2CC2)n1. The third-order valence-electron chi connectivity index (χ3n) is 2.91. The second-order valence-corrected chi connectivity index (χ2v) is 4.45. The molecule has 0 aliphatic heterocycles. The van der Waals surface area contributed by atoms with Crippen LogP contribution in [-0.2, 0) is 0 Å². The zero-order chi connectivity index (χ0) is 12.7. The van der Waals surface area contributed by atoms with Crippen LogP contribution in [0.2, 0.25) is 0 Å². The number of nitrogens with zero attached hydrogens (tertiary/aromatic N) is 2. The van der Waals surface area contributed by atoms with Gasteiger partial charge in [0.05, 0.1) is 6.04 Å². The van der Waals surface area contributed by atoms with Gasteiger partial charge in [-0.2, -0.15) is 4.98 Å². The number of rotatable bonds is 3. The maximum absolute atomic E-state index is 13.1. The van der Waals surface area contributed by atoms with E-state index in [2.05, 4.69) is 10.1 Å². The number of benzene rings is 1. The Labute approximate surface area is 102 Å². The van der Waals surface area contributed by atoms with Crippen molar-refractivity contribution in [3.05, 3.63) is 47.1 Å². The summed E-state index contributed by atoms with van der Waals surface area (Å²) in [5.74, 6) is -0.223. The number of halogens is 2. The molecule has 2 aromatic rings. The zero-order valence-electron chi connectivity index (χ0n) is 9.44. The Morgan fingerprint density at radius 3 is 2.50 bits per heavy atom. The van der Waals surface area contributed by atoms with E-state index in [4.69, 9.17) is 10.3 Å². The minimum absolute atomic E-state index is 0.252. The first-order valence-corrected chi connectivity index (χ1v) is 5.68. The highest BCUT2D eigenvalue weighted by atomic mass is 19.1. The van der Waals surface area contributed by atoms with E-state index in [1.807, 2.05) is 0 Å². The van der Waals surface area contributed by atoms with Crippen LogP contribution in [0.1, 0.15) is 42.1 Å². The molecule has 1 unspecified atom stereocenters. The van der Waals surface area contributed by atoms with Gasteiger partial charge in [0.15, 0.2) is 5.82 Å². The first kappa shape index (κ1) is 11.3. The fourth-order valence-corrected chi connectivity index (χ4v) is 1.77. The van der Waals surface area contributed by atoms with Gasteiger partial charge in [-0.15, -0.1) is 0 Å². The fraction of sp³-hybridized carbons (Fsp3) is 0.333. The highest BCUT2D eigenvalue weighted by Gasteiger charge is 2.30. The molecular weight excluding hydrogens is 240 g/mol. The van der Waals surface area contributed by atoms with Crippen LogP contribution in [0, 0.1) is 11.6 Å². The van der Waals surface area contributed by atoms with Crippen molar-refractivity contribution in [1.82, 2.24) is 10.1 Å². The third kappa shape index (κ3) is 2.11. The molecule has 1 aromatic carbocycles. The Morgan fingerprint density at radius 1 is 1.22 bits per heavy atom. The Balaban J connectivity index is 1.89. The fourth-order valence-electron chi connectivity index (χ4n) is 1.77. The number of hydrogen-bond acceptors (Lipinski definition) is 4. The van der Waals surface area contributed by atoms with E-state index in [1.165, 1.54) is 12.1 Å². The molecule has 1 fully saturated rings. The normalized spacial score (nSPS) is 16.8. The topological polar surface area (TPSA) is 64.9 Å². The average Bonchev–Trinajstić information content (AvgIpc) is 3.05. The predicted molar refractivity (Wildman–Crippen MR) is 58.7 cm³/mol. The van der Waals surface area contributed by atoms with Gasteiger partial charge in [0.2, 0.25) is 5.89 Å². The second kappa shape index (κ2) is 4.13. The Hall–Kier alpha value is -1.82. The maximum Gasteiger partial charge on any atom is 0.229 e. The van der Waals surface area contributed by atoms with Crippen molar-refractivity contribution in [1.29, 1.82) is 0 Å². The average molecular weight is 251 g/mol. The highest BCUT2D eigenvalue weighted by Crippen LogP contribution is 2.39. The Bertz CT molecular complexity index is 560. The van der Waals surface area contributed by atoms with Crippen LogP contribution in [-0.4, -0.2) is 10.1 Å². The van der Waals surface area contributed by atoms with Crippen molar-refractivity contribution >= 4 is 0 Å². The summed E-state index contributed by atoms with van der Waals surface area (Å²) in [7, 11) is 0. The van der Waals surface area contributed by atoms with E-state index in [9.17, 15) is 8.78 Å². The Morgan fingerprint density at radius 2 is 1.89 bits per heavy atom. The van der Waals surface area contributed by atoms with Crippen molar-refractivity contribution < 1.29 is 13.3 Å². The lowest BCUT2D eigenvalue weighted by Gasteiger charge is -2.07. The van der Waals surface area contributed by atoms with Crippen molar-refractivity contribution in [3.8, 4) is 0 Å². The first-order chi connectivity index (χ1) is 8.63. The van der Waals surface area contributed by atoms with Crippen LogP contribution in [0.3, 0.4) is 0 Å². The van der Waals surface area contributed by atoms with Crippen LogP contribution < -0.4 is 5.73 Å². The number of hydrogen-bond donors (Lipinski definition) is 1. The van der Waals surface area contributed by atoms with E-state index in [0.29, 0.717) is 11.8 Å². The van der Waals surface area contributed by atoms with Crippen LogP contribution in [0.5, 0.6) is 0 Å². The maximum atomic E-state index is 13.1. The Kier molecular flexibility index (Phi) is 2.59. The van der Waals surface area contributed by atoms with E-state index < -0.39 is 17.7 Å². The molecule has 6 heteroatoms. The van der Waals surface area contributed by atoms with Crippen molar-refractivity contribution in [2.45, 2.75) is 24.8 Å². The quantitative estimate of drug-likeness (QED) is 0.908. The largest absolute Gasteiger partial charge is 0.339 e. The number of nitrogens with two attached hydrogens (primary N) is 1. The minimum atomic E-state index is -0.786. The molecule has 1 saturated carbocycles. The summed E-state index contributed by atoms with van der Waals surface area (Å²) in [4.78, 5) is 4.16. The molecule has 3 rings (SSSR count). The van der Waals surface area contributed by atoms with Crippen molar-refractivity contribution in [2.75, 3.05) is 0 Å². The van der Waals surface area contributed by atoms with Gasteiger partial charge in [-0.3, -0.25) is 0 Å².